The van der Waals surface area contributed by atoms with E-state index in [0.29, 0.717) is 54.1 Å². The van der Waals surface area contributed by atoms with E-state index in [4.69, 9.17) is 10.5 Å². The predicted octanol–water partition coefficient (Wildman–Crippen LogP) is 3.99. The molecule has 212 valence electrons. The number of thiophene rings is 2. The average molecular weight is 573 g/mol. The second-order valence-electron chi connectivity index (χ2n) is 11.1. The molecule has 0 spiro atoms. The van der Waals surface area contributed by atoms with Crippen molar-refractivity contribution in [1.29, 1.82) is 0 Å². The molecule has 2 aromatic rings. The average Bonchev–Trinajstić information content (AvgIpc) is 3.78. The van der Waals surface area contributed by atoms with Crippen LogP contribution in [0.4, 0.5) is 0 Å². The lowest BCUT2D eigenvalue weighted by atomic mass is 9.82. The van der Waals surface area contributed by atoms with Gasteiger partial charge >= 0.3 is 0 Å². The zero-order chi connectivity index (χ0) is 27.2. The molecule has 5 rings (SSSR count). The Morgan fingerprint density at radius 2 is 1.72 bits per heavy atom. The maximum Gasteiger partial charge on any atom is 0.264 e. The summed E-state index contributed by atoms with van der Waals surface area (Å²) in [4.78, 5) is 45.8. The number of amides is 3. The van der Waals surface area contributed by atoms with Crippen LogP contribution in [0.3, 0.4) is 0 Å². The van der Waals surface area contributed by atoms with E-state index in [2.05, 4.69) is 5.32 Å². The standard InChI is InChI=1S/C29H40N4O4S2/c30-17-20-7-9-21(10-8-20)18-31-27(34)24-16-22(11-12-32(24)28(35)25-5-2-14-38-25)33(19-23-4-1-13-37-23)29(36)26-6-3-15-39-26/h2-3,5-6,14-15,20-24H,1,4,7-13,16-19,30H2,(H,31,34)/t20?,21?,22?,23?,24-/m1/s1. The van der Waals surface area contributed by atoms with E-state index >= 15 is 0 Å². The highest BCUT2D eigenvalue weighted by Crippen LogP contribution is 2.30. The fourth-order valence-electron chi connectivity index (χ4n) is 6.24. The molecule has 2 aliphatic heterocycles. The van der Waals surface area contributed by atoms with Gasteiger partial charge in [0.2, 0.25) is 5.91 Å². The number of nitrogens with zero attached hydrogens (tertiary/aromatic N) is 2. The van der Waals surface area contributed by atoms with Gasteiger partial charge in [0, 0.05) is 32.3 Å². The Morgan fingerprint density at radius 3 is 2.36 bits per heavy atom. The molecule has 3 fully saturated rings. The Balaban J connectivity index is 1.32. The van der Waals surface area contributed by atoms with Crippen LogP contribution in [0.15, 0.2) is 35.0 Å². The summed E-state index contributed by atoms with van der Waals surface area (Å²) in [7, 11) is 0. The number of hydrogen-bond donors (Lipinski definition) is 2. The highest BCUT2D eigenvalue weighted by Gasteiger charge is 2.41. The third-order valence-electron chi connectivity index (χ3n) is 8.59. The summed E-state index contributed by atoms with van der Waals surface area (Å²) in [5, 5.41) is 6.99. The van der Waals surface area contributed by atoms with Crippen LogP contribution in [0.5, 0.6) is 0 Å². The van der Waals surface area contributed by atoms with E-state index in [1.807, 2.05) is 39.9 Å². The zero-order valence-electron chi connectivity index (χ0n) is 22.5. The second-order valence-corrected chi connectivity index (χ2v) is 13.0. The van der Waals surface area contributed by atoms with E-state index in [9.17, 15) is 14.4 Å². The van der Waals surface area contributed by atoms with Crippen LogP contribution in [0.25, 0.3) is 0 Å². The van der Waals surface area contributed by atoms with E-state index < -0.39 is 6.04 Å². The third kappa shape index (κ3) is 6.90. The fourth-order valence-corrected chi connectivity index (χ4v) is 7.60. The normalized spacial score (nSPS) is 27.3. The lowest BCUT2D eigenvalue weighted by Crippen LogP contribution is -2.59. The molecule has 0 radical (unpaired) electrons. The number of likely N-dealkylation sites (tertiary alicyclic amines) is 1. The summed E-state index contributed by atoms with van der Waals surface area (Å²) >= 11 is 2.83. The van der Waals surface area contributed by atoms with Crippen LogP contribution < -0.4 is 11.1 Å². The molecule has 2 unspecified atom stereocenters. The summed E-state index contributed by atoms with van der Waals surface area (Å²) in [6.07, 6.45) is 7.34. The van der Waals surface area contributed by atoms with Gasteiger partial charge in [-0.2, -0.15) is 0 Å². The van der Waals surface area contributed by atoms with Gasteiger partial charge in [0.1, 0.15) is 6.04 Å². The molecule has 3 amide bonds. The van der Waals surface area contributed by atoms with Gasteiger partial charge in [0.05, 0.1) is 15.9 Å². The first kappa shape index (κ1) is 28.3. The van der Waals surface area contributed by atoms with Crippen LogP contribution in [0.1, 0.15) is 70.7 Å². The molecule has 1 aliphatic carbocycles. The van der Waals surface area contributed by atoms with Crippen LogP contribution in [0, 0.1) is 11.8 Å². The quantitative estimate of drug-likeness (QED) is 0.473. The van der Waals surface area contributed by atoms with Crippen molar-refractivity contribution in [3.05, 3.63) is 44.8 Å². The molecule has 0 bridgehead atoms. The Bertz CT molecular complexity index is 1080. The number of hydrogen-bond acceptors (Lipinski definition) is 7. The van der Waals surface area contributed by atoms with Gasteiger partial charge in [0.25, 0.3) is 11.8 Å². The topological polar surface area (TPSA) is 105 Å². The van der Waals surface area contributed by atoms with E-state index in [1.54, 1.807) is 4.90 Å². The number of ether oxygens (including phenoxy) is 1. The van der Waals surface area contributed by atoms with Crippen molar-refractivity contribution in [2.24, 2.45) is 17.6 Å². The smallest absolute Gasteiger partial charge is 0.264 e. The van der Waals surface area contributed by atoms with E-state index in [1.165, 1.54) is 22.7 Å². The molecule has 39 heavy (non-hydrogen) atoms. The van der Waals surface area contributed by atoms with E-state index in [0.717, 1.165) is 51.7 Å². The minimum Gasteiger partial charge on any atom is -0.376 e. The summed E-state index contributed by atoms with van der Waals surface area (Å²) in [6, 6.07) is 6.65. The number of rotatable bonds is 9. The zero-order valence-corrected chi connectivity index (χ0v) is 24.1. The molecule has 10 heteroatoms. The SMILES string of the molecule is NCC1CCC(CNC(=O)[C@H]2CC(N(CC3CCCO3)C(=O)c3cccs3)CCN2C(=O)c2cccs2)CC1. The third-order valence-corrected chi connectivity index (χ3v) is 10.3. The van der Waals surface area contributed by atoms with Crippen molar-refractivity contribution in [3.8, 4) is 0 Å². The first-order chi connectivity index (χ1) is 19.0. The second kappa shape index (κ2) is 13.4. The largest absolute Gasteiger partial charge is 0.376 e. The molecular formula is C29H40N4O4S2. The molecule has 2 saturated heterocycles. The molecule has 4 heterocycles. The lowest BCUT2D eigenvalue weighted by molar-refractivity contribution is -0.127. The number of nitrogens with two attached hydrogens (primary N) is 1. The molecule has 3 aliphatic rings. The Morgan fingerprint density at radius 1 is 1.00 bits per heavy atom. The molecular weight excluding hydrogens is 532 g/mol. The molecule has 8 nitrogen and oxygen atoms in total. The van der Waals surface area contributed by atoms with Crippen LogP contribution in [-0.4, -0.2) is 78.5 Å². The maximum absolute atomic E-state index is 13.7. The Hall–Kier alpha value is -2.27. The number of piperidine rings is 1. The van der Waals surface area contributed by atoms with Crippen LogP contribution in [0.2, 0.25) is 0 Å². The molecule has 0 aromatic carbocycles. The molecule has 3 N–H and O–H groups in total. The van der Waals surface area contributed by atoms with Crippen molar-refractivity contribution < 1.29 is 19.1 Å². The number of carbonyl (C=O) groups excluding carboxylic acids is 3. The lowest BCUT2D eigenvalue weighted by Gasteiger charge is -2.43. The summed E-state index contributed by atoms with van der Waals surface area (Å²) < 4.78 is 5.90. The van der Waals surface area contributed by atoms with Gasteiger partial charge in [-0.25, -0.2) is 0 Å². The first-order valence-electron chi connectivity index (χ1n) is 14.3. The first-order valence-corrected chi connectivity index (χ1v) is 16.1. The summed E-state index contributed by atoms with van der Waals surface area (Å²) in [6.45, 7) is 3.01. The number of nitrogens with one attached hydrogen (secondary N) is 1. The fraction of sp³-hybridized carbons (Fsp3) is 0.621. The van der Waals surface area contributed by atoms with Crippen molar-refractivity contribution in [1.82, 2.24) is 15.1 Å². The van der Waals surface area contributed by atoms with Gasteiger partial charge < -0.3 is 25.6 Å². The Kier molecular flexibility index (Phi) is 9.71. The van der Waals surface area contributed by atoms with Gasteiger partial charge in [-0.1, -0.05) is 12.1 Å². The van der Waals surface area contributed by atoms with Crippen LogP contribution >= 0.6 is 22.7 Å². The van der Waals surface area contributed by atoms with Crippen LogP contribution in [-0.2, 0) is 9.53 Å². The van der Waals surface area contributed by atoms with Gasteiger partial charge in [-0.05, 0) is 92.6 Å². The van der Waals surface area contributed by atoms with Gasteiger partial charge in [-0.15, -0.1) is 22.7 Å². The predicted molar refractivity (Wildman–Crippen MR) is 154 cm³/mol. The Labute approximate surface area is 238 Å². The minimum absolute atomic E-state index is 0.00983. The van der Waals surface area contributed by atoms with Gasteiger partial charge in [0.15, 0.2) is 0 Å². The van der Waals surface area contributed by atoms with Crippen molar-refractivity contribution in [3.63, 3.8) is 0 Å². The van der Waals surface area contributed by atoms with Crippen molar-refractivity contribution in [2.45, 2.75) is 69.6 Å². The highest BCUT2D eigenvalue weighted by molar-refractivity contribution is 7.12. The van der Waals surface area contributed by atoms with Gasteiger partial charge in [-0.3, -0.25) is 14.4 Å². The van der Waals surface area contributed by atoms with Crippen molar-refractivity contribution in [2.75, 3.05) is 32.8 Å². The summed E-state index contributed by atoms with van der Waals surface area (Å²) in [5.41, 5.74) is 5.85. The number of carbonyl (C=O) groups is 3. The summed E-state index contributed by atoms with van der Waals surface area (Å²) in [5.74, 6) is 0.785. The van der Waals surface area contributed by atoms with Crippen molar-refractivity contribution >= 4 is 40.4 Å². The molecule has 3 atom stereocenters. The van der Waals surface area contributed by atoms with E-state index in [-0.39, 0.29) is 29.9 Å². The molecule has 1 saturated carbocycles. The molecule has 2 aromatic heterocycles. The maximum atomic E-state index is 13.7. The monoisotopic (exact) mass is 572 g/mol. The minimum atomic E-state index is -0.623. The highest BCUT2D eigenvalue weighted by atomic mass is 32.1.